The highest BCUT2D eigenvalue weighted by Crippen LogP contribution is 2.30. The van der Waals surface area contributed by atoms with Gasteiger partial charge in [-0.3, -0.25) is 0 Å². The predicted molar refractivity (Wildman–Crippen MR) is 113 cm³/mol. The van der Waals surface area contributed by atoms with Crippen LogP contribution in [0.3, 0.4) is 0 Å². The highest BCUT2D eigenvalue weighted by Gasteiger charge is 2.35. The molecule has 0 fully saturated rings. The van der Waals surface area contributed by atoms with Gasteiger partial charge in [0.15, 0.2) is 9.84 Å². The number of carbonyl (C=O) groups is 2. The van der Waals surface area contributed by atoms with E-state index < -0.39 is 33.6 Å². The second-order valence-electron chi connectivity index (χ2n) is 6.41. The first-order valence-electron chi connectivity index (χ1n) is 8.92. The van der Waals surface area contributed by atoms with Gasteiger partial charge in [-0.15, -0.1) is 0 Å². The van der Waals surface area contributed by atoms with Crippen LogP contribution in [-0.2, 0) is 19.4 Å². The van der Waals surface area contributed by atoms with E-state index in [0.717, 1.165) is 0 Å². The molecule has 1 atom stereocenters. The van der Waals surface area contributed by atoms with Crippen LogP contribution in [0, 0.1) is 0 Å². The van der Waals surface area contributed by atoms with Gasteiger partial charge >= 0.3 is 12.0 Å². The van der Waals surface area contributed by atoms with Crippen molar-refractivity contribution in [3.8, 4) is 0 Å². The van der Waals surface area contributed by atoms with Gasteiger partial charge in [-0.05, 0) is 48.9 Å². The Balaban J connectivity index is 2.10. The Morgan fingerprint density at radius 1 is 1.10 bits per heavy atom. The summed E-state index contributed by atoms with van der Waals surface area (Å²) in [5, 5.41) is 5.87. The SMILES string of the molecule is CCOC(=O)C1=C(CS(=O)(=O)c2ccc(Cl)cc2)NC(=O)N[C@H]1c1cccc(Cl)c1. The molecule has 2 aromatic rings. The van der Waals surface area contributed by atoms with Gasteiger partial charge in [-0.2, -0.15) is 0 Å². The quantitative estimate of drug-likeness (QED) is 0.630. The van der Waals surface area contributed by atoms with Gasteiger partial charge in [-0.1, -0.05) is 35.3 Å². The molecular weight excluding hydrogens is 451 g/mol. The number of benzene rings is 2. The van der Waals surface area contributed by atoms with Gasteiger partial charge in [0.2, 0.25) is 0 Å². The van der Waals surface area contributed by atoms with Crippen molar-refractivity contribution in [3.05, 3.63) is 75.4 Å². The number of ether oxygens (including phenoxy) is 1. The fraction of sp³-hybridized carbons (Fsp3) is 0.200. The number of hydrogen-bond acceptors (Lipinski definition) is 5. The number of esters is 1. The van der Waals surface area contributed by atoms with E-state index in [1.54, 1.807) is 31.2 Å². The summed E-state index contributed by atoms with van der Waals surface area (Å²) >= 11 is 11.9. The lowest BCUT2D eigenvalue weighted by atomic mass is 9.95. The molecular formula is C20H18Cl2N2O5S. The van der Waals surface area contributed by atoms with Crippen LogP contribution in [0.2, 0.25) is 10.0 Å². The second-order valence-corrected chi connectivity index (χ2v) is 9.27. The molecule has 1 heterocycles. The number of amides is 2. The summed E-state index contributed by atoms with van der Waals surface area (Å²) in [5.74, 6) is -1.34. The number of halogens is 2. The van der Waals surface area contributed by atoms with Gasteiger partial charge in [0.05, 0.1) is 28.9 Å². The van der Waals surface area contributed by atoms with E-state index in [0.29, 0.717) is 15.6 Å². The van der Waals surface area contributed by atoms with E-state index >= 15 is 0 Å². The molecule has 0 unspecified atom stereocenters. The second kappa shape index (κ2) is 9.07. The van der Waals surface area contributed by atoms with E-state index in [9.17, 15) is 18.0 Å². The molecule has 7 nitrogen and oxygen atoms in total. The minimum atomic E-state index is -3.89. The summed E-state index contributed by atoms with van der Waals surface area (Å²) in [4.78, 5) is 25.0. The zero-order valence-corrected chi connectivity index (χ0v) is 18.1. The number of urea groups is 1. The summed E-state index contributed by atoms with van der Waals surface area (Å²) in [6.45, 7) is 1.71. The largest absolute Gasteiger partial charge is 0.463 e. The number of hydrogen-bond donors (Lipinski definition) is 2. The van der Waals surface area contributed by atoms with E-state index in [4.69, 9.17) is 27.9 Å². The fourth-order valence-electron chi connectivity index (χ4n) is 3.03. The maximum atomic E-state index is 12.9. The minimum Gasteiger partial charge on any atom is -0.463 e. The average molecular weight is 469 g/mol. The van der Waals surface area contributed by atoms with Gasteiger partial charge in [0.1, 0.15) is 0 Å². The van der Waals surface area contributed by atoms with E-state index in [1.807, 2.05) is 0 Å². The topological polar surface area (TPSA) is 102 Å². The van der Waals surface area contributed by atoms with Crippen molar-refractivity contribution in [2.45, 2.75) is 17.9 Å². The Hall–Kier alpha value is -2.55. The Labute approximate surface area is 183 Å². The lowest BCUT2D eigenvalue weighted by Crippen LogP contribution is -2.47. The number of rotatable bonds is 6. The van der Waals surface area contributed by atoms with E-state index in [-0.39, 0.29) is 22.8 Å². The number of nitrogens with one attached hydrogen (secondary N) is 2. The summed E-state index contributed by atoms with van der Waals surface area (Å²) in [6, 6.07) is 10.6. The van der Waals surface area contributed by atoms with Crippen LogP contribution in [0.5, 0.6) is 0 Å². The molecule has 1 aliphatic rings. The first-order valence-corrected chi connectivity index (χ1v) is 11.3. The maximum absolute atomic E-state index is 12.9. The van der Waals surface area contributed by atoms with Crippen molar-refractivity contribution in [1.29, 1.82) is 0 Å². The molecule has 0 aromatic heterocycles. The molecule has 0 radical (unpaired) electrons. The molecule has 3 rings (SSSR count). The third-order valence-electron chi connectivity index (χ3n) is 4.34. The van der Waals surface area contributed by atoms with Crippen molar-refractivity contribution in [1.82, 2.24) is 10.6 Å². The van der Waals surface area contributed by atoms with Crippen molar-refractivity contribution in [3.63, 3.8) is 0 Å². The zero-order chi connectivity index (χ0) is 21.9. The van der Waals surface area contributed by atoms with Gasteiger partial charge in [-0.25, -0.2) is 18.0 Å². The van der Waals surface area contributed by atoms with Crippen molar-refractivity contribution in [2.24, 2.45) is 0 Å². The molecule has 10 heteroatoms. The van der Waals surface area contributed by atoms with E-state index in [1.165, 1.54) is 24.3 Å². The molecule has 1 aliphatic heterocycles. The molecule has 0 aliphatic carbocycles. The summed E-state index contributed by atoms with van der Waals surface area (Å²) in [6.07, 6.45) is 0. The van der Waals surface area contributed by atoms with Crippen LogP contribution in [0.1, 0.15) is 18.5 Å². The Kier molecular flexibility index (Phi) is 6.70. The van der Waals surface area contributed by atoms with Crippen molar-refractivity contribution < 1.29 is 22.7 Å². The smallest absolute Gasteiger partial charge is 0.338 e. The van der Waals surface area contributed by atoms with Crippen LogP contribution in [-0.4, -0.2) is 32.8 Å². The van der Waals surface area contributed by atoms with E-state index in [2.05, 4.69) is 10.6 Å². The first-order chi connectivity index (χ1) is 14.2. The molecule has 0 spiro atoms. The van der Waals surface area contributed by atoms with Gasteiger partial charge < -0.3 is 15.4 Å². The molecule has 2 amide bonds. The normalized spacial score (nSPS) is 16.6. The molecule has 30 heavy (non-hydrogen) atoms. The summed E-state index contributed by atoms with van der Waals surface area (Å²) in [5.41, 5.74) is 0.454. The monoisotopic (exact) mass is 468 g/mol. The first kappa shape index (κ1) is 22.1. The Morgan fingerprint density at radius 2 is 1.80 bits per heavy atom. The lowest BCUT2D eigenvalue weighted by Gasteiger charge is -2.29. The third-order valence-corrected chi connectivity index (χ3v) is 6.48. The van der Waals surface area contributed by atoms with Gasteiger partial charge in [0.25, 0.3) is 0 Å². The predicted octanol–water partition coefficient (Wildman–Crippen LogP) is 3.64. The third kappa shape index (κ3) is 4.95. The van der Waals surface area contributed by atoms with Crippen LogP contribution < -0.4 is 10.6 Å². The van der Waals surface area contributed by atoms with Gasteiger partial charge in [0, 0.05) is 15.7 Å². The standard InChI is InChI=1S/C20H18Cl2N2O5S/c1-2-29-19(25)17-16(11-30(27,28)15-8-6-13(21)7-9-15)23-20(26)24-18(17)12-4-3-5-14(22)10-12/h3-10,18H,2,11H2,1H3,(H2,23,24,26)/t18-/m0/s1. The molecule has 0 bridgehead atoms. The lowest BCUT2D eigenvalue weighted by molar-refractivity contribution is -0.139. The van der Waals surface area contributed by atoms with Crippen LogP contribution in [0.15, 0.2) is 64.7 Å². The van der Waals surface area contributed by atoms with Crippen LogP contribution in [0.25, 0.3) is 0 Å². The summed E-state index contributed by atoms with van der Waals surface area (Å²) in [7, 11) is -3.89. The molecule has 2 N–H and O–H groups in total. The van der Waals surface area contributed by atoms with Crippen LogP contribution >= 0.6 is 23.2 Å². The fourth-order valence-corrected chi connectivity index (χ4v) is 4.68. The summed E-state index contributed by atoms with van der Waals surface area (Å²) < 4.78 is 31.0. The molecule has 0 saturated carbocycles. The molecule has 0 saturated heterocycles. The minimum absolute atomic E-state index is 0.00347. The van der Waals surface area contributed by atoms with Crippen molar-refractivity contribution >= 4 is 45.0 Å². The molecule has 2 aromatic carbocycles. The van der Waals surface area contributed by atoms with Crippen molar-refractivity contribution in [2.75, 3.05) is 12.4 Å². The van der Waals surface area contributed by atoms with Crippen LogP contribution in [0.4, 0.5) is 4.79 Å². The number of sulfone groups is 1. The zero-order valence-electron chi connectivity index (χ0n) is 15.8. The number of carbonyl (C=O) groups excluding carboxylic acids is 2. The molecule has 158 valence electrons. The highest BCUT2D eigenvalue weighted by atomic mass is 35.5. The average Bonchev–Trinajstić information content (AvgIpc) is 2.67. The maximum Gasteiger partial charge on any atom is 0.338 e. The Bertz CT molecular complexity index is 1110. The highest BCUT2D eigenvalue weighted by molar-refractivity contribution is 7.91. The Morgan fingerprint density at radius 3 is 2.43 bits per heavy atom.